The molecular weight excluding hydrogens is 434 g/mol. The Labute approximate surface area is 198 Å². The highest BCUT2D eigenvalue weighted by molar-refractivity contribution is 7.09. The van der Waals surface area contributed by atoms with E-state index in [1.807, 2.05) is 6.07 Å². The van der Waals surface area contributed by atoms with Gasteiger partial charge in [0.05, 0.1) is 0 Å². The first-order chi connectivity index (χ1) is 16.2. The molecule has 0 radical (unpaired) electrons. The van der Waals surface area contributed by atoms with Crippen molar-refractivity contribution in [2.75, 3.05) is 26.2 Å². The molecule has 2 aromatic heterocycles. The molecule has 0 saturated carbocycles. The summed E-state index contributed by atoms with van der Waals surface area (Å²) in [7, 11) is 0. The molecule has 1 aromatic carbocycles. The van der Waals surface area contributed by atoms with Crippen molar-refractivity contribution in [2.24, 2.45) is 0 Å². The largest absolute Gasteiger partial charge is 0.354 e. The molecule has 7 nitrogen and oxygen atoms in total. The lowest BCUT2D eigenvalue weighted by Gasteiger charge is -2.27. The molecule has 33 heavy (non-hydrogen) atoms. The zero-order valence-electron chi connectivity index (χ0n) is 18.7. The molecule has 1 fully saturated rings. The highest BCUT2D eigenvalue weighted by Crippen LogP contribution is 2.26. The van der Waals surface area contributed by atoms with Gasteiger partial charge in [0.1, 0.15) is 0 Å². The average Bonchev–Trinajstić information content (AvgIpc) is 3.41. The van der Waals surface area contributed by atoms with Crippen molar-refractivity contribution in [3.05, 3.63) is 75.2 Å². The molecule has 2 aliphatic heterocycles. The number of amides is 2. The molecule has 0 aliphatic carbocycles. The summed E-state index contributed by atoms with van der Waals surface area (Å²) in [5.41, 5.74) is 4.06. The number of hydrogen-bond acceptors (Lipinski definition) is 5. The summed E-state index contributed by atoms with van der Waals surface area (Å²) < 4.78 is 2.05. The van der Waals surface area contributed by atoms with Gasteiger partial charge >= 0.3 is 0 Å². The molecule has 1 N–H and O–H groups in total. The maximum absolute atomic E-state index is 13.5. The summed E-state index contributed by atoms with van der Waals surface area (Å²) >= 11 is 1.77. The topological polar surface area (TPSA) is 70.5 Å². The molecule has 2 aliphatic rings. The third-order valence-electron chi connectivity index (χ3n) is 6.43. The van der Waals surface area contributed by atoms with Gasteiger partial charge in [0.25, 0.3) is 5.91 Å². The molecule has 0 spiro atoms. The summed E-state index contributed by atoms with van der Waals surface area (Å²) in [6.45, 7) is 4.78. The van der Waals surface area contributed by atoms with E-state index in [4.69, 9.17) is 5.10 Å². The fraction of sp³-hybridized carbons (Fsp3) is 0.400. The summed E-state index contributed by atoms with van der Waals surface area (Å²) in [6, 6.07) is 14.6. The van der Waals surface area contributed by atoms with Crippen LogP contribution in [0, 0.1) is 0 Å². The number of aromatic nitrogens is 2. The van der Waals surface area contributed by atoms with Crippen molar-refractivity contribution < 1.29 is 9.59 Å². The maximum Gasteiger partial charge on any atom is 0.274 e. The van der Waals surface area contributed by atoms with E-state index in [9.17, 15) is 9.59 Å². The van der Waals surface area contributed by atoms with Crippen LogP contribution in [0.5, 0.6) is 0 Å². The van der Waals surface area contributed by atoms with Gasteiger partial charge in [0, 0.05) is 74.8 Å². The molecule has 8 heteroatoms. The zero-order chi connectivity index (χ0) is 22.6. The van der Waals surface area contributed by atoms with Crippen LogP contribution in [-0.2, 0) is 37.3 Å². The van der Waals surface area contributed by atoms with E-state index in [0.717, 1.165) is 44.6 Å². The monoisotopic (exact) mass is 463 g/mol. The Bertz CT molecular complexity index is 1110. The predicted molar refractivity (Wildman–Crippen MR) is 128 cm³/mol. The smallest absolute Gasteiger partial charge is 0.274 e. The fourth-order valence-corrected chi connectivity index (χ4v) is 5.41. The number of rotatable bonds is 6. The quantitative estimate of drug-likeness (QED) is 0.610. The molecule has 0 atom stereocenters. The van der Waals surface area contributed by atoms with Crippen LogP contribution in [0.3, 0.4) is 0 Å². The highest BCUT2D eigenvalue weighted by Gasteiger charge is 2.31. The number of fused-ring (bicyclic) bond motifs is 1. The second kappa shape index (κ2) is 9.89. The highest BCUT2D eigenvalue weighted by atomic mass is 32.1. The molecule has 4 heterocycles. The van der Waals surface area contributed by atoms with Gasteiger partial charge in [0.2, 0.25) is 5.91 Å². The molecule has 0 bridgehead atoms. The molecule has 172 valence electrons. The molecular formula is C25H29N5O2S. The number of carbonyl (C=O) groups is 2. The van der Waals surface area contributed by atoms with Crippen molar-refractivity contribution in [1.82, 2.24) is 24.9 Å². The first-order valence-electron chi connectivity index (χ1n) is 11.6. The van der Waals surface area contributed by atoms with Crippen LogP contribution >= 0.6 is 11.3 Å². The predicted octanol–water partition coefficient (Wildman–Crippen LogP) is 2.71. The lowest BCUT2D eigenvalue weighted by atomic mass is 10.0. The van der Waals surface area contributed by atoms with Crippen LogP contribution in [0.2, 0.25) is 0 Å². The van der Waals surface area contributed by atoms with Crippen LogP contribution in [0.25, 0.3) is 0 Å². The molecule has 1 saturated heterocycles. The van der Waals surface area contributed by atoms with E-state index >= 15 is 0 Å². The average molecular weight is 464 g/mol. The van der Waals surface area contributed by atoms with E-state index < -0.39 is 0 Å². The van der Waals surface area contributed by atoms with E-state index in [1.54, 1.807) is 16.2 Å². The minimum absolute atomic E-state index is 0.00263. The molecule has 5 rings (SSSR count). The Morgan fingerprint density at radius 3 is 2.76 bits per heavy atom. The first-order valence-corrected chi connectivity index (χ1v) is 12.5. The van der Waals surface area contributed by atoms with Crippen molar-refractivity contribution in [1.29, 1.82) is 0 Å². The van der Waals surface area contributed by atoms with Gasteiger partial charge in [-0.15, -0.1) is 11.3 Å². The summed E-state index contributed by atoms with van der Waals surface area (Å²) in [6.07, 6.45) is 2.10. The van der Waals surface area contributed by atoms with E-state index in [1.165, 1.54) is 16.1 Å². The third-order valence-corrected chi connectivity index (χ3v) is 7.29. The van der Waals surface area contributed by atoms with Crippen molar-refractivity contribution >= 4 is 23.2 Å². The Kier molecular flexibility index (Phi) is 6.55. The van der Waals surface area contributed by atoms with Crippen molar-refractivity contribution in [3.63, 3.8) is 0 Å². The van der Waals surface area contributed by atoms with Gasteiger partial charge in [-0.1, -0.05) is 36.4 Å². The van der Waals surface area contributed by atoms with Crippen LogP contribution < -0.4 is 5.32 Å². The van der Waals surface area contributed by atoms with Gasteiger partial charge in [-0.3, -0.25) is 19.2 Å². The SMILES string of the molecule is O=C1CCN(C(=O)c2nn(CCc3ccccc3)c3c2CN(Cc2cccs2)CC3)CCN1. The van der Waals surface area contributed by atoms with Crippen molar-refractivity contribution in [3.8, 4) is 0 Å². The van der Waals surface area contributed by atoms with Crippen molar-refractivity contribution in [2.45, 2.75) is 38.9 Å². The second-order valence-electron chi connectivity index (χ2n) is 8.66. The van der Waals surface area contributed by atoms with Gasteiger partial charge in [-0.05, 0) is 23.4 Å². The number of aryl methyl sites for hydroxylation is 2. The minimum atomic E-state index is -0.0563. The van der Waals surface area contributed by atoms with E-state index in [2.05, 4.69) is 56.7 Å². The summed E-state index contributed by atoms with van der Waals surface area (Å²) in [5.74, 6) is -0.0537. The molecule has 2 amide bonds. The lowest BCUT2D eigenvalue weighted by Crippen LogP contribution is -2.36. The van der Waals surface area contributed by atoms with Crippen LogP contribution in [0.15, 0.2) is 47.8 Å². The van der Waals surface area contributed by atoms with Gasteiger partial charge in [0.15, 0.2) is 5.69 Å². The maximum atomic E-state index is 13.5. The van der Waals surface area contributed by atoms with Gasteiger partial charge in [-0.25, -0.2) is 0 Å². The second-order valence-corrected chi connectivity index (χ2v) is 9.70. The minimum Gasteiger partial charge on any atom is -0.354 e. The first kappa shape index (κ1) is 21.9. The standard InChI is InChI=1S/C25H29N5O2S/c31-23-10-13-29(15-11-26-23)25(32)24-21-18-28(17-20-7-4-16-33-20)12-9-22(21)30(27-24)14-8-19-5-2-1-3-6-19/h1-7,16H,8-15,17-18H2,(H,26,31). The molecule has 3 aromatic rings. The van der Waals surface area contributed by atoms with E-state index in [0.29, 0.717) is 31.7 Å². The Balaban J connectivity index is 1.40. The number of benzene rings is 1. The van der Waals surface area contributed by atoms with Gasteiger partial charge < -0.3 is 10.2 Å². The van der Waals surface area contributed by atoms with Crippen LogP contribution in [0.4, 0.5) is 0 Å². The Morgan fingerprint density at radius 2 is 1.94 bits per heavy atom. The number of nitrogens with zero attached hydrogens (tertiary/aromatic N) is 4. The zero-order valence-corrected chi connectivity index (χ0v) is 19.5. The summed E-state index contributed by atoms with van der Waals surface area (Å²) in [5, 5.41) is 9.82. The lowest BCUT2D eigenvalue weighted by molar-refractivity contribution is -0.120. The number of carbonyl (C=O) groups excluding carboxylic acids is 2. The fourth-order valence-electron chi connectivity index (χ4n) is 4.66. The number of thiophene rings is 1. The third kappa shape index (κ3) is 5.02. The van der Waals surface area contributed by atoms with Crippen LogP contribution in [0.1, 0.15) is 38.6 Å². The van der Waals surface area contributed by atoms with Crippen LogP contribution in [-0.4, -0.2) is 57.6 Å². The molecule has 0 unspecified atom stereocenters. The number of nitrogens with one attached hydrogen (secondary N) is 1. The normalized spacial score (nSPS) is 16.8. The number of hydrogen-bond donors (Lipinski definition) is 1. The Morgan fingerprint density at radius 1 is 1.06 bits per heavy atom. The Hall–Kier alpha value is -2.97. The summed E-state index contributed by atoms with van der Waals surface area (Å²) in [4.78, 5) is 30.8. The van der Waals surface area contributed by atoms with Gasteiger partial charge in [-0.2, -0.15) is 5.10 Å². The van der Waals surface area contributed by atoms with E-state index in [-0.39, 0.29) is 11.8 Å².